The van der Waals surface area contributed by atoms with Crippen molar-refractivity contribution >= 4 is 17.7 Å². The fourth-order valence-corrected chi connectivity index (χ4v) is 2.52. The van der Waals surface area contributed by atoms with E-state index < -0.39 is 5.97 Å². The van der Waals surface area contributed by atoms with E-state index in [1.54, 1.807) is 0 Å². The Morgan fingerprint density at radius 1 is 1.40 bits per heavy atom. The zero-order chi connectivity index (χ0) is 15.5. The van der Waals surface area contributed by atoms with Gasteiger partial charge in [-0.1, -0.05) is 53.3 Å². The Kier molecular flexibility index (Phi) is 5.68. The Hall–Kier alpha value is -0.970. The fourth-order valence-electron chi connectivity index (χ4n) is 1.80. The third kappa shape index (κ3) is 4.54. The van der Waals surface area contributed by atoms with E-state index in [-0.39, 0.29) is 11.2 Å². The quantitative estimate of drug-likeness (QED) is 0.810. The van der Waals surface area contributed by atoms with E-state index in [9.17, 15) is 4.79 Å². The molecule has 0 amide bonds. The third-order valence-electron chi connectivity index (χ3n) is 3.70. The first-order valence-electron chi connectivity index (χ1n) is 7.03. The average Bonchev–Trinajstić information content (AvgIpc) is 2.68. The van der Waals surface area contributed by atoms with E-state index in [0.717, 1.165) is 11.7 Å². The van der Waals surface area contributed by atoms with Gasteiger partial charge in [-0.05, 0) is 17.3 Å². The maximum atomic E-state index is 10.7. The zero-order valence-electron chi connectivity index (χ0n) is 13.3. The molecule has 0 spiro atoms. The van der Waals surface area contributed by atoms with Gasteiger partial charge in [0.2, 0.25) is 0 Å². The van der Waals surface area contributed by atoms with Gasteiger partial charge in [-0.2, -0.15) is 0 Å². The number of hydrogen-bond acceptors (Lipinski definition) is 3. The van der Waals surface area contributed by atoms with Crippen molar-refractivity contribution in [3.05, 3.63) is 11.9 Å². The Balaban J connectivity index is 3.00. The molecule has 1 aromatic heterocycles. The number of carboxylic acid groups (broad SMARTS) is 1. The third-order valence-corrected chi connectivity index (χ3v) is 4.68. The molecule has 5 heteroatoms. The van der Waals surface area contributed by atoms with Gasteiger partial charge in [0.15, 0.2) is 5.16 Å². The van der Waals surface area contributed by atoms with Crippen molar-refractivity contribution in [2.45, 2.75) is 59.2 Å². The number of nitrogens with zero attached hydrogens (tertiary/aromatic N) is 2. The van der Waals surface area contributed by atoms with E-state index in [0.29, 0.717) is 11.8 Å². The lowest BCUT2D eigenvalue weighted by molar-refractivity contribution is -0.133. The van der Waals surface area contributed by atoms with Crippen LogP contribution in [-0.4, -0.2) is 26.4 Å². The van der Waals surface area contributed by atoms with Gasteiger partial charge in [0, 0.05) is 18.4 Å². The summed E-state index contributed by atoms with van der Waals surface area (Å²) in [5.74, 6) is 0.116. The van der Waals surface area contributed by atoms with Crippen LogP contribution >= 0.6 is 11.8 Å². The molecule has 0 radical (unpaired) electrons. The molecule has 20 heavy (non-hydrogen) atoms. The van der Waals surface area contributed by atoms with Crippen LogP contribution in [0.3, 0.4) is 0 Å². The fraction of sp³-hybridized carbons (Fsp3) is 0.733. The monoisotopic (exact) mass is 298 g/mol. The minimum atomic E-state index is -0.806. The van der Waals surface area contributed by atoms with Gasteiger partial charge in [0.25, 0.3) is 0 Å². The number of imidazole rings is 1. The van der Waals surface area contributed by atoms with Crippen LogP contribution < -0.4 is 0 Å². The number of aliphatic carboxylic acids is 1. The molecule has 0 aliphatic carbocycles. The first-order chi connectivity index (χ1) is 9.12. The lowest BCUT2D eigenvalue weighted by Crippen LogP contribution is -2.24. The van der Waals surface area contributed by atoms with Crippen LogP contribution in [0.2, 0.25) is 0 Å². The molecule has 0 saturated heterocycles. The van der Waals surface area contributed by atoms with Crippen LogP contribution in [0.25, 0.3) is 0 Å². The van der Waals surface area contributed by atoms with E-state index in [1.807, 2.05) is 6.20 Å². The second-order valence-corrected chi connectivity index (χ2v) is 7.62. The smallest absolute Gasteiger partial charge is 0.313 e. The van der Waals surface area contributed by atoms with Gasteiger partial charge in [0.05, 0.1) is 5.75 Å². The summed E-state index contributed by atoms with van der Waals surface area (Å²) in [6.45, 7) is 14.1. The normalized spacial score (nSPS) is 13.8. The Labute approximate surface area is 126 Å². The lowest BCUT2D eigenvalue weighted by atomic mass is 9.82. The molecule has 114 valence electrons. The van der Waals surface area contributed by atoms with Crippen LogP contribution in [0, 0.1) is 11.3 Å². The SMILES string of the molecule is CC(C)c1cnc(SCC(=O)O)n1CC(C)C(C)(C)C. The number of carbonyl (C=O) groups is 1. The summed E-state index contributed by atoms with van der Waals surface area (Å²) in [5.41, 5.74) is 1.39. The van der Waals surface area contributed by atoms with Gasteiger partial charge in [-0.25, -0.2) is 4.98 Å². The largest absolute Gasteiger partial charge is 0.481 e. The van der Waals surface area contributed by atoms with Crippen molar-refractivity contribution in [2.24, 2.45) is 11.3 Å². The molecule has 0 saturated carbocycles. The van der Waals surface area contributed by atoms with Gasteiger partial charge >= 0.3 is 5.97 Å². The van der Waals surface area contributed by atoms with E-state index in [4.69, 9.17) is 5.11 Å². The van der Waals surface area contributed by atoms with Gasteiger partial charge < -0.3 is 9.67 Å². The van der Waals surface area contributed by atoms with Crippen molar-refractivity contribution in [2.75, 3.05) is 5.75 Å². The molecule has 0 bridgehead atoms. The topological polar surface area (TPSA) is 55.1 Å². The van der Waals surface area contributed by atoms with Crippen LogP contribution in [0.15, 0.2) is 11.4 Å². The van der Waals surface area contributed by atoms with Crippen LogP contribution in [0.4, 0.5) is 0 Å². The molecule has 1 atom stereocenters. The Morgan fingerprint density at radius 2 is 2.00 bits per heavy atom. The highest BCUT2D eigenvalue weighted by molar-refractivity contribution is 7.99. The highest BCUT2D eigenvalue weighted by Gasteiger charge is 2.23. The predicted octanol–water partition coefficient (Wildman–Crippen LogP) is 3.87. The Morgan fingerprint density at radius 3 is 2.45 bits per heavy atom. The average molecular weight is 298 g/mol. The van der Waals surface area contributed by atoms with Crippen LogP contribution in [0.5, 0.6) is 0 Å². The summed E-state index contributed by atoms with van der Waals surface area (Å²) in [4.78, 5) is 15.2. The predicted molar refractivity (Wildman–Crippen MR) is 83.3 cm³/mol. The lowest BCUT2D eigenvalue weighted by Gasteiger charge is -2.29. The van der Waals surface area contributed by atoms with Crippen molar-refractivity contribution in [1.82, 2.24) is 9.55 Å². The first kappa shape index (κ1) is 17.1. The number of rotatable bonds is 6. The molecular formula is C15H26N2O2S. The molecular weight excluding hydrogens is 272 g/mol. The molecule has 1 aromatic rings. The number of thioether (sulfide) groups is 1. The number of aromatic nitrogens is 2. The molecule has 0 fully saturated rings. The first-order valence-corrected chi connectivity index (χ1v) is 8.01. The maximum absolute atomic E-state index is 10.7. The standard InChI is InChI=1S/C15H26N2O2S/c1-10(2)12-7-16-14(20-9-13(18)19)17(12)8-11(3)15(4,5)6/h7,10-11H,8-9H2,1-6H3,(H,18,19). The maximum Gasteiger partial charge on any atom is 0.313 e. The van der Waals surface area contributed by atoms with Gasteiger partial charge in [0.1, 0.15) is 0 Å². The van der Waals surface area contributed by atoms with Crippen molar-refractivity contribution in [3.8, 4) is 0 Å². The zero-order valence-corrected chi connectivity index (χ0v) is 14.1. The van der Waals surface area contributed by atoms with Crippen LogP contribution in [0.1, 0.15) is 53.2 Å². The summed E-state index contributed by atoms with van der Waals surface area (Å²) in [7, 11) is 0. The summed E-state index contributed by atoms with van der Waals surface area (Å²) in [6, 6.07) is 0. The van der Waals surface area contributed by atoms with E-state index in [2.05, 4.69) is 51.1 Å². The molecule has 4 nitrogen and oxygen atoms in total. The second kappa shape index (κ2) is 6.66. The van der Waals surface area contributed by atoms with E-state index >= 15 is 0 Å². The molecule has 0 aliphatic rings. The second-order valence-electron chi connectivity index (χ2n) is 6.68. The van der Waals surface area contributed by atoms with E-state index in [1.165, 1.54) is 17.5 Å². The highest BCUT2D eigenvalue weighted by Crippen LogP contribution is 2.30. The molecule has 1 unspecified atom stereocenters. The molecule has 1 heterocycles. The van der Waals surface area contributed by atoms with Gasteiger partial charge in [-0.15, -0.1) is 0 Å². The number of hydrogen-bond donors (Lipinski definition) is 1. The molecule has 1 N–H and O–H groups in total. The number of carboxylic acids is 1. The van der Waals surface area contributed by atoms with Gasteiger partial charge in [-0.3, -0.25) is 4.79 Å². The summed E-state index contributed by atoms with van der Waals surface area (Å²) in [6.07, 6.45) is 1.88. The molecule has 0 aliphatic heterocycles. The summed E-state index contributed by atoms with van der Waals surface area (Å²) < 4.78 is 2.19. The highest BCUT2D eigenvalue weighted by atomic mass is 32.2. The minimum absolute atomic E-state index is 0.0540. The minimum Gasteiger partial charge on any atom is -0.481 e. The summed E-state index contributed by atoms with van der Waals surface area (Å²) in [5, 5.41) is 9.65. The molecule has 1 rings (SSSR count). The van der Waals surface area contributed by atoms with Crippen molar-refractivity contribution < 1.29 is 9.90 Å². The van der Waals surface area contributed by atoms with Crippen molar-refractivity contribution in [3.63, 3.8) is 0 Å². The van der Waals surface area contributed by atoms with Crippen LogP contribution in [-0.2, 0) is 11.3 Å². The van der Waals surface area contributed by atoms with Crippen molar-refractivity contribution in [1.29, 1.82) is 0 Å². The summed E-state index contributed by atoms with van der Waals surface area (Å²) >= 11 is 1.30. The molecule has 0 aromatic carbocycles. The Bertz CT molecular complexity index is 461.